The van der Waals surface area contributed by atoms with Crippen molar-refractivity contribution in [2.45, 2.75) is 18.3 Å². The Labute approximate surface area is 111 Å². The van der Waals surface area contributed by atoms with Crippen molar-refractivity contribution in [2.24, 2.45) is 5.73 Å². The normalized spacial score (nSPS) is 15.1. The predicted molar refractivity (Wildman–Crippen MR) is 65.4 cm³/mol. The molecule has 0 saturated heterocycles. The second-order valence-corrected chi connectivity index (χ2v) is 4.31. The van der Waals surface area contributed by atoms with Crippen LogP contribution >= 0.6 is 35.0 Å². The summed E-state index contributed by atoms with van der Waals surface area (Å²) in [6.07, 6.45) is -7.23. The summed E-state index contributed by atoms with van der Waals surface area (Å²) in [5.41, 5.74) is 5.59. The third kappa shape index (κ3) is 4.08. The van der Waals surface area contributed by atoms with Gasteiger partial charge in [0.25, 0.3) is 0 Å². The van der Waals surface area contributed by atoms with Crippen LogP contribution in [0.2, 0.25) is 0 Å². The van der Waals surface area contributed by atoms with Gasteiger partial charge in [-0.3, -0.25) is 0 Å². The maximum atomic E-state index is 12.2. The Morgan fingerprint density at radius 2 is 1.88 bits per heavy atom. The summed E-state index contributed by atoms with van der Waals surface area (Å²) >= 11 is 1.96. The molecular weight excluding hydrogens is 357 g/mol. The van der Waals surface area contributed by atoms with E-state index in [1.165, 1.54) is 12.1 Å². The van der Waals surface area contributed by atoms with E-state index in [-0.39, 0.29) is 18.0 Å². The topological polar surface area (TPSA) is 46.2 Å². The van der Waals surface area contributed by atoms with Gasteiger partial charge >= 0.3 is 6.18 Å². The molecule has 0 aliphatic carbocycles. The Morgan fingerprint density at radius 3 is 2.31 bits per heavy atom. The van der Waals surface area contributed by atoms with Gasteiger partial charge in [0.1, 0.15) is 0 Å². The molecule has 1 aromatic rings. The van der Waals surface area contributed by atoms with E-state index in [2.05, 4.69) is 0 Å². The minimum absolute atomic E-state index is 0. The Balaban J connectivity index is 0.00000225. The molecule has 1 rings (SSSR count). The minimum atomic E-state index is -4.69. The summed E-state index contributed by atoms with van der Waals surface area (Å²) in [4.78, 5) is 0. The van der Waals surface area contributed by atoms with Gasteiger partial charge in [0.15, 0.2) is 6.10 Å². The van der Waals surface area contributed by atoms with Gasteiger partial charge in [-0.1, -0.05) is 12.1 Å². The number of benzene rings is 1. The van der Waals surface area contributed by atoms with Crippen LogP contribution in [0.4, 0.5) is 13.2 Å². The van der Waals surface area contributed by atoms with Crippen LogP contribution in [0.5, 0.6) is 0 Å². The van der Waals surface area contributed by atoms with Crippen molar-refractivity contribution < 1.29 is 18.3 Å². The standard InChI is InChI=1S/C9H9F3INO.ClH/c10-9(11,12)8(15)7(14)5-2-1-3-6(13)4-5;/h1-4,7-8,15H,14H2;1H/t7-,8-;/m1./s1. The lowest BCUT2D eigenvalue weighted by Crippen LogP contribution is -2.38. The molecule has 0 unspecified atom stereocenters. The number of hydrogen-bond donors (Lipinski definition) is 2. The Hall–Kier alpha value is -0.0500. The van der Waals surface area contributed by atoms with E-state index in [0.717, 1.165) is 3.57 Å². The molecule has 0 radical (unpaired) electrons. The maximum absolute atomic E-state index is 12.2. The molecule has 0 aromatic heterocycles. The van der Waals surface area contributed by atoms with Gasteiger partial charge in [-0.2, -0.15) is 13.2 Å². The first-order valence-electron chi connectivity index (χ1n) is 4.08. The molecule has 0 saturated carbocycles. The lowest BCUT2D eigenvalue weighted by Gasteiger charge is -2.21. The molecule has 92 valence electrons. The van der Waals surface area contributed by atoms with E-state index >= 15 is 0 Å². The fraction of sp³-hybridized carbons (Fsp3) is 0.333. The van der Waals surface area contributed by atoms with Crippen LogP contribution in [0, 0.1) is 3.57 Å². The fourth-order valence-corrected chi connectivity index (χ4v) is 1.67. The number of nitrogens with two attached hydrogens (primary N) is 1. The Morgan fingerprint density at radius 1 is 1.31 bits per heavy atom. The Bertz CT molecular complexity index is 348. The molecule has 0 spiro atoms. The average Bonchev–Trinajstić information content (AvgIpc) is 2.14. The zero-order chi connectivity index (χ0) is 11.6. The van der Waals surface area contributed by atoms with Crippen LogP contribution in [0.15, 0.2) is 24.3 Å². The number of alkyl halides is 3. The highest BCUT2D eigenvalue weighted by Gasteiger charge is 2.42. The monoisotopic (exact) mass is 367 g/mol. The summed E-state index contributed by atoms with van der Waals surface area (Å²) < 4.78 is 37.2. The molecule has 0 heterocycles. The van der Waals surface area contributed by atoms with Gasteiger partial charge < -0.3 is 10.8 Å². The highest BCUT2D eigenvalue weighted by atomic mass is 127. The van der Waals surface area contributed by atoms with Gasteiger partial charge in [0.05, 0.1) is 6.04 Å². The highest BCUT2D eigenvalue weighted by Crippen LogP contribution is 2.28. The van der Waals surface area contributed by atoms with Gasteiger partial charge in [-0.05, 0) is 40.3 Å². The van der Waals surface area contributed by atoms with Crippen LogP contribution in [-0.2, 0) is 0 Å². The van der Waals surface area contributed by atoms with Gasteiger partial charge in [-0.15, -0.1) is 12.4 Å². The van der Waals surface area contributed by atoms with Crippen molar-refractivity contribution >= 4 is 35.0 Å². The fourth-order valence-electron chi connectivity index (χ4n) is 1.10. The van der Waals surface area contributed by atoms with Crippen molar-refractivity contribution in [1.82, 2.24) is 0 Å². The molecule has 2 nitrogen and oxygen atoms in total. The third-order valence-corrected chi connectivity index (χ3v) is 2.58. The van der Waals surface area contributed by atoms with Crippen LogP contribution in [0.1, 0.15) is 11.6 Å². The highest BCUT2D eigenvalue weighted by molar-refractivity contribution is 14.1. The smallest absolute Gasteiger partial charge is 0.382 e. The van der Waals surface area contributed by atoms with E-state index in [9.17, 15) is 13.2 Å². The molecule has 16 heavy (non-hydrogen) atoms. The summed E-state index contributed by atoms with van der Waals surface area (Å²) in [6.45, 7) is 0. The zero-order valence-electron chi connectivity index (χ0n) is 7.91. The van der Waals surface area contributed by atoms with Crippen LogP contribution in [-0.4, -0.2) is 17.4 Å². The lowest BCUT2D eigenvalue weighted by atomic mass is 10.0. The van der Waals surface area contributed by atoms with Crippen molar-refractivity contribution in [3.63, 3.8) is 0 Å². The van der Waals surface area contributed by atoms with Gasteiger partial charge in [-0.25, -0.2) is 0 Å². The zero-order valence-corrected chi connectivity index (χ0v) is 10.9. The van der Waals surface area contributed by atoms with Gasteiger partial charge in [0.2, 0.25) is 0 Å². The van der Waals surface area contributed by atoms with E-state index in [1.54, 1.807) is 12.1 Å². The second-order valence-electron chi connectivity index (χ2n) is 3.07. The van der Waals surface area contributed by atoms with Crippen molar-refractivity contribution in [2.75, 3.05) is 0 Å². The van der Waals surface area contributed by atoms with Crippen molar-refractivity contribution in [1.29, 1.82) is 0 Å². The molecule has 0 amide bonds. The molecule has 0 fully saturated rings. The number of halogens is 5. The second kappa shape index (κ2) is 6.04. The SMILES string of the molecule is Cl.N[C@H](c1cccc(I)c1)[C@@H](O)C(F)(F)F. The maximum Gasteiger partial charge on any atom is 0.416 e. The average molecular weight is 368 g/mol. The third-order valence-electron chi connectivity index (χ3n) is 1.91. The molecule has 0 aliphatic heterocycles. The number of rotatable bonds is 2. The molecule has 1 aromatic carbocycles. The lowest BCUT2D eigenvalue weighted by molar-refractivity contribution is -0.210. The van der Waals surface area contributed by atoms with E-state index < -0.39 is 18.3 Å². The van der Waals surface area contributed by atoms with Crippen LogP contribution in [0.25, 0.3) is 0 Å². The molecule has 7 heteroatoms. The number of aliphatic hydroxyl groups is 1. The first-order chi connectivity index (χ1) is 6.82. The van der Waals surface area contributed by atoms with Crippen LogP contribution in [0.3, 0.4) is 0 Å². The van der Waals surface area contributed by atoms with E-state index in [1.807, 2.05) is 22.6 Å². The molecule has 2 atom stereocenters. The van der Waals surface area contributed by atoms with E-state index in [0.29, 0.717) is 0 Å². The largest absolute Gasteiger partial charge is 0.416 e. The summed E-state index contributed by atoms with van der Waals surface area (Å²) in [7, 11) is 0. The molecule has 0 bridgehead atoms. The Kier molecular flexibility index (Phi) is 6.02. The van der Waals surface area contributed by atoms with E-state index in [4.69, 9.17) is 10.8 Å². The molecular formula is C9H10ClF3INO. The van der Waals surface area contributed by atoms with Crippen molar-refractivity contribution in [3.8, 4) is 0 Å². The summed E-state index contributed by atoms with van der Waals surface area (Å²) in [5.74, 6) is 0. The first kappa shape index (κ1) is 16.0. The summed E-state index contributed by atoms with van der Waals surface area (Å²) in [5, 5.41) is 8.95. The summed E-state index contributed by atoms with van der Waals surface area (Å²) in [6, 6.07) is 4.86. The quantitative estimate of drug-likeness (QED) is 0.790. The molecule has 3 N–H and O–H groups in total. The van der Waals surface area contributed by atoms with Crippen molar-refractivity contribution in [3.05, 3.63) is 33.4 Å². The molecule has 0 aliphatic rings. The van der Waals surface area contributed by atoms with Crippen LogP contribution < -0.4 is 5.73 Å². The first-order valence-corrected chi connectivity index (χ1v) is 5.16. The van der Waals surface area contributed by atoms with Gasteiger partial charge in [0, 0.05) is 3.57 Å². The number of hydrogen-bond acceptors (Lipinski definition) is 2. The number of aliphatic hydroxyl groups excluding tert-OH is 1. The minimum Gasteiger partial charge on any atom is -0.382 e. The predicted octanol–water partition coefficient (Wildman–Crippen LogP) is 2.64.